The van der Waals surface area contributed by atoms with Crippen molar-refractivity contribution in [1.82, 2.24) is 0 Å². The van der Waals surface area contributed by atoms with Crippen molar-refractivity contribution in [2.75, 3.05) is 0 Å². The third-order valence-corrected chi connectivity index (χ3v) is 5.04. The Morgan fingerprint density at radius 2 is 0.800 bits per heavy atom. The summed E-state index contributed by atoms with van der Waals surface area (Å²) in [6.07, 6.45) is 22.8. The van der Waals surface area contributed by atoms with E-state index in [1.165, 1.54) is 103 Å². The van der Waals surface area contributed by atoms with Crippen LogP contribution in [0.15, 0.2) is 0 Å². The summed E-state index contributed by atoms with van der Waals surface area (Å²) in [4.78, 5) is 0. The molecular formula is C18H38OTi. The summed E-state index contributed by atoms with van der Waals surface area (Å²) >= 11 is -0.548. The molecule has 0 rings (SSSR count). The quantitative estimate of drug-likeness (QED) is 0.235. The average Bonchev–Trinajstić information content (AvgIpc) is 2.47. The van der Waals surface area contributed by atoms with Gasteiger partial charge in [-0.2, -0.15) is 0 Å². The van der Waals surface area contributed by atoms with E-state index in [1.807, 2.05) is 0 Å². The fraction of sp³-hybridized carbons (Fsp3) is 1.00. The summed E-state index contributed by atoms with van der Waals surface area (Å²) in [5.74, 6) is 0. The molecule has 0 spiro atoms. The molecule has 0 bridgehead atoms. The van der Waals surface area contributed by atoms with Crippen LogP contribution in [0.4, 0.5) is 0 Å². The zero-order chi connectivity index (χ0) is 14.7. The van der Waals surface area contributed by atoms with Crippen molar-refractivity contribution in [2.45, 2.75) is 114 Å². The van der Waals surface area contributed by atoms with E-state index in [2.05, 4.69) is 6.92 Å². The van der Waals surface area contributed by atoms with E-state index in [1.54, 1.807) is 0 Å². The molecule has 0 saturated heterocycles. The van der Waals surface area contributed by atoms with Gasteiger partial charge in [0.2, 0.25) is 0 Å². The van der Waals surface area contributed by atoms with Crippen molar-refractivity contribution < 1.29 is 23.2 Å². The molecule has 0 aliphatic carbocycles. The predicted molar refractivity (Wildman–Crippen MR) is 86.6 cm³/mol. The summed E-state index contributed by atoms with van der Waals surface area (Å²) in [6.45, 7) is 2.29. The van der Waals surface area contributed by atoms with Crippen molar-refractivity contribution in [2.24, 2.45) is 0 Å². The summed E-state index contributed by atoms with van der Waals surface area (Å²) in [7, 11) is 0. The summed E-state index contributed by atoms with van der Waals surface area (Å²) < 4.78 is 9.93. The van der Waals surface area contributed by atoms with Crippen LogP contribution in [-0.4, -0.2) is 3.69 Å². The Balaban J connectivity index is 2.89. The van der Waals surface area contributed by atoms with Gasteiger partial charge in [0.15, 0.2) is 0 Å². The molecule has 1 N–H and O–H groups in total. The van der Waals surface area contributed by atoms with Crippen molar-refractivity contribution in [3.63, 3.8) is 0 Å². The Morgan fingerprint density at radius 3 is 1.10 bits per heavy atom. The molecule has 2 heteroatoms. The first-order valence-corrected chi connectivity index (χ1v) is 11.1. The minimum absolute atomic E-state index is 0.548. The average molecular weight is 318 g/mol. The third kappa shape index (κ3) is 18.7. The molecule has 20 heavy (non-hydrogen) atoms. The van der Waals surface area contributed by atoms with Gasteiger partial charge in [-0.1, -0.05) is 39.0 Å². The van der Waals surface area contributed by atoms with Gasteiger partial charge in [-0.3, -0.25) is 0 Å². The van der Waals surface area contributed by atoms with Crippen molar-refractivity contribution >= 4 is 0 Å². The van der Waals surface area contributed by atoms with E-state index >= 15 is 0 Å². The van der Waals surface area contributed by atoms with E-state index in [0.29, 0.717) is 0 Å². The van der Waals surface area contributed by atoms with Crippen molar-refractivity contribution in [3.8, 4) is 0 Å². The molecule has 0 aromatic carbocycles. The molecule has 0 aliphatic rings. The molecule has 0 atom stereocenters. The first kappa shape index (κ1) is 20.7. The summed E-state index contributed by atoms with van der Waals surface area (Å²) in [5.41, 5.74) is 0. The van der Waals surface area contributed by atoms with E-state index in [-0.39, 0.29) is 0 Å². The third-order valence-electron chi connectivity index (χ3n) is 4.14. The molecule has 0 amide bonds. The van der Waals surface area contributed by atoms with Crippen LogP contribution < -0.4 is 0 Å². The second-order valence-corrected chi connectivity index (χ2v) is 7.49. The van der Waals surface area contributed by atoms with Gasteiger partial charge in [-0.15, -0.1) is 0 Å². The zero-order valence-corrected chi connectivity index (χ0v) is 15.5. The second kappa shape index (κ2) is 19.7. The van der Waals surface area contributed by atoms with Crippen LogP contribution in [-0.2, 0) is 19.5 Å². The second-order valence-electron chi connectivity index (χ2n) is 6.21. The Labute approximate surface area is 137 Å². The monoisotopic (exact) mass is 318 g/mol. The predicted octanol–water partition coefficient (Wildman–Crippen LogP) is 6.66. The van der Waals surface area contributed by atoms with Gasteiger partial charge < -0.3 is 0 Å². The SMILES string of the molecule is CCCCCCCCCCCCCCCCC[CH2][Ti][OH]. The van der Waals surface area contributed by atoms with Gasteiger partial charge in [0.05, 0.1) is 0 Å². The minimum atomic E-state index is -0.548. The van der Waals surface area contributed by atoms with E-state index < -0.39 is 19.5 Å². The van der Waals surface area contributed by atoms with Crippen molar-refractivity contribution in [3.05, 3.63) is 0 Å². The molecule has 0 saturated carbocycles. The van der Waals surface area contributed by atoms with Crippen LogP contribution in [0.25, 0.3) is 0 Å². The molecule has 0 fully saturated rings. The van der Waals surface area contributed by atoms with Gasteiger partial charge in [-0.25, -0.2) is 0 Å². The molecule has 120 valence electrons. The topological polar surface area (TPSA) is 20.2 Å². The van der Waals surface area contributed by atoms with Gasteiger partial charge in [0.1, 0.15) is 0 Å². The first-order valence-electron chi connectivity index (χ1n) is 9.28. The number of hydrogen-bond acceptors (Lipinski definition) is 1. The van der Waals surface area contributed by atoms with Crippen LogP contribution in [0, 0.1) is 0 Å². The fourth-order valence-electron chi connectivity index (χ4n) is 2.75. The molecule has 0 heterocycles. The van der Waals surface area contributed by atoms with E-state index in [9.17, 15) is 0 Å². The molecule has 0 aliphatic heterocycles. The molecule has 0 aromatic heterocycles. The van der Waals surface area contributed by atoms with Crippen LogP contribution in [0.3, 0.4) is 0 Å². The standard InChI is InChI=1S/C18H37.H2O.Ti/c1-3-5-7-9-11-13-15-17-18-16-14-12-10-8-6-4-2;;/h1,3-18H2,2H3;1H2;/q;;+1/p-1. The van der Waals surface area contributed by atoms with Crippen LogP contribution in [0.2, 0.25) is 4.73 Å². The van der Waals surface area contributed by atoms with Gasteiger partial charge in [-0.05, 0) is 0 Å². The zero-order valence-electron chi connectivity index (χ0n) is 14.0. The molecule has 0 radical (unpaired) electrons. The van der Waals surface area contributed by atoms with Crippen LogP contribution >= 0.6 is 0 Å². The first-order chi connectivity index (χ1) is 9.91. The number of rotatable bonds is 17. The molecular weight excluding hydrogens is 280 g/mol. The van der Waals surface area contributed by atoms with E-state index in [4.69, 9.17) is 3.69 Å². The van der Waals surface area contributed by atoms with Crippen LogP contribution in [0.1, 0.15) is 110 Å². The van der Waals surface area contributed by atoms with Gasteiger partial charge in [0, 0.05) is 0 Å². The number of hydrogen-bond donors (Lipinski definition) is 1. The summed E-state index contributed by atoms with van der Waals surface area (Å²) in [5, 5.41) is 0. The maximum absolute atomic E-state index is 8.81. The van der Waals surface area contributed by atoms with Gasteiger partial charge >= 0.3 is 98.6 Å². The van der Waals surface area contributed by atoms with Crippen LogP contribution in [0.5, 0.6) is 0 Å². The Bertz CT molecular complexity index is 143. The fourth-order valence-corrected chi connectivity index (χ4v) is 3.39. The normalized spacial score (nSPS) is 10.9. The molecule has 0 unspecified atom stereocenters. The Hall–Kier alpha value is 0.674. The summed E-state index contributed by atoms with van der Waals surface area (Å²) in [6, 6.07) is 0. The maximum atomic E-state index is 8.81. The van der Waals surface area contributed by atoms with Gasteiger partial charge in [0.25, 0.3) is 0 Å². The number of unbranched alkanes of at least 4 members (excludes halogenated alkanes) is 15. The molecule has 1 nitrogen and oxygen atoms in total. The Kier molecular flexibility index (Phi) is 20.3. The van der Waals surface area contributed by atoms with E-state index in [0.717, 1.165) is 4.73 Å². The molecule has 0 aromatic rings. The Morgan fingerprint density at radius 1 is 0.500 bits per heavy atom. The van der Waals surface area contributed by atoms with Crippen molar-refractivity contribution in [1.29, 1.82) is 0 Å².